The first-order valence-electron chi connectivity index (χ1n) is 7.63. The van der Waals surface area contributed by atoms with Crippen LogP contribution in [0.2, 0.25) is 0 Å². The Morgan fingerprint density at radius 2 is 1.96 bits per heavy atom. The summed E-state index contributed by atoms with van der Waals surface area (Å²) < 4.78 is 5.26. The summed E-state index contributed by atoms with van der Waals surface area (Å²) in [5.41, 5.74) is 1.25. The highest BCUT2D eigenvalue weighted by Crippen LogP contribution is 2.17. The van der Waals surface area contributed by atoms with Crippen molar-refractivity contribution >= 4 is 23.2 Å². The summed E-state index contributed by atoms with van der Waals surface area (Å²) in [7, 11) is 1.60. The van der Waals surface area contributed by atoms with Gasteiger partial charge < -0.3 is 15.4 Å². The van der Waals surface area contributed by atoms with Gasteiger partial charge in [0.15, 0.2) is 0 Å². The molecule has 7 heteroatoms. The van der Waals surface area contributed by atoms with Crippen molar-refractivity contribution in [3.05, 3.63) is 45.9 Å². The highest BCUT2D eigenvalue weighted by molar-refractivity contribution is 7.09. The third-order valence-electron chi connectivity index (χ3n) is 3.35. The van der Waals surface area contributed by atoms with Crippen LogP contribution in [-0.2, 0) is 17.9 Å². The molecule has 1 aromatic heterocycles. The van der Waals surface area contributed by atoms with Crippen molar-refractivity contribution in [2.24, 2.45) is 5.92 Å². The van der Waals surface area contributed by atoms with E-state index >= 15 is 0 Å². The van der Waals surface area contributed by atoms with Gasteiger partial charge in [-0.3, -0.25) is 9.59 Å². The van der Waals surface area contributed by atoms with E-state index < -0.39 is 0 Å². The summed E-state index contributed by atoms with van der Waals surface area (Å²) in [4.78, 5) is 28.0. The molecule has 1 aromatic carbocycles. The Balaban J connectivity index is 1.90. The fourth-order valence-corrected chi connectivity index (χ4v) is 2.69. The molecule has 0 aliphatic rings. The number of carbonyl (C=O) groups is 2. The maximum atomic E-state index is 12.2. The Kier molecular flexibility index (Phi) is 6.31. The van der Waals surface area contributed by atoms with E-state index in [-0.39, 0.29) is 17.7 Å². The summed E-state index contributed by atoms with van der Waals surface area (Å²) in [5, 5.41) is 8.00. The van der Waals surface area contributed by atoms with Gasteiger partial charge >= 0.3 is 0 Å². The van der Waals surface area contributed by atoms with Crippen LogP contribution in [0.1, 0.15) is 34.9 Å². The second kappa shape index (κ2) is 8.44. The van der Waals surface area contributed by atoms with E-state index in [9.17, 15) is 9.59 Å². The zero-order valence-corrected chi connectivity index (χ0v) is 14.8. The highest BCUT2D eigenvalue weighted by Gasteiger charge is 2.13. The SMILES string of the molecule is COc1ccccc1CNC(=O)c1csc(CNC(=O)C(C)C)n1. The molecule has 0 bridgehead atoms. The van der Waals surface area contributed by atoms with Gasteiger partial charge in [0.05, 0.1) is 13.7 Å². The molecular formula is C17H21N3O3S. The molecule has 0 spiro atoms. The minimum absolute atomic E-state index is 0.0348. The molecule has 24 heavy (non-hydrogen) atoms. The van der Waals surface area contributed by atoms with Crippen LogP contribution in [0, 0.1) is 5.92 Å². The van der Waals surface area contributed by atoms with E-state index in [1.54, 1.807) is 12.5 Å². The van der Waals surface area contributed by atoms with Gasteiger partial charge in [-0.25, -0.2) is 4.98 Å². The molecule has 0 unspecified atom stereocenters. The lowest BCUT2D eigenvalue weighted by atomic mass is 10.2. The van der Waals surface area contributed by atoms with E-state index in [1.165, 1.54) is 11.3 Å². The molecule has 2 amide bonds. The molecule has 1 heterocycles. The van der Waals surface area contributed by atoms with Crippen LogP contribution < -0.4 is 15.4 Å². The van der Waals surface area contributed by atoms with Gasteiger partial charge in [-0.15, -0.1) is 11.3 Å². The van der Waals surface area contributed by atoms with Crippen molar-refractivity contribution in [1.82, 2.24) is 15.6 Å². The van der Waals surface area contributed by atoms with Crippen molar-refractivity contribution in [3.8, 4) is 5.75 Å². The van der Waals surface area contributed by atoms with Crippen LogP contribution in [-0.4, -0.2) is 23.9 Å². The van der Waals surface area contributed by atoms with Gasteiger partial charge in [-0.05, 0) is 6.07 Å². The zero-order valence-electron chi connectivity index (χ0n) is 14.0. The van der Waals surface area contributed by atoms with Crippen LogP contribution in [0.15, 0.2) is 29.6 Å². The standard InChI is InChI=1S/C17H21N3O3S/c1-11(2)16(21)19-9-15-20-13(10-24-15)17(22)18-8-12-6-4-5-7-14(12)23-3/h4-7,10-11H,8-9H2,1-3H3,(H,18,22)(H,19,21). The number of benzene rings is 1. The predicted molar refractivity (Wildman–Crippen MR) is 93.0 cm³/mol. The molecule has 128 valence electrons. The fraction of sp³-hybridized carbons (Fsp3) is 0.353. The molecule has 2 N–H and O–H groups in total. The molecule has 0 fully saturated rings. The third kappa shape index (κ3) is 4.79. The fourth-order valence-electron chi connectivity index (χ4n) is 1.98. The maximum absolute atomic E-state index is 12.2. The van der Waals surface area contributed by atoms with Crippen molar-refractivity contribution < 1.29 is 14.3 Å². The van der Waals surface area contributed by atoms with Crippen LogP contribution in [0.5, 0.6) is 5.75 Å². The number of nitrogens with one attached hydrogen (secondary N) is 2. The molecule has 6 nitrogen and oxygen atoms in total. The average Bonchev–Trinajstić information content (AvgIpc) is 3.06. The van der Waals surface area contributed by atoms with Gasteiger partial charge in [0.2, 0.25) is 5.91 Å². The van der Waals surface area contributed by atoms with Crippen molar-refractivity contribution in [1.29, 1.82) is 0 Å². The lowest BCUT2D eigenvalue weighted by molar-refractivity contribution is -0.124. The van der Waals surface area contributed by atoms with Crippen LogP contribution in [0.3, 0.4) is 0 Å². The van der Waals surface area contributed by atoms with Crippen molar-refractivity contribution in [2.75, 3.05) is 7.11 Å². The van der Waals surface area contributed by atoms with Crippen molar-refractivity contribution in [3.63, 3.8) is 0 Å². The normalized spacial score (nSPS) is 10.5. The highest BCUT2D eigenvalue weighted by atomic mass is 32.1. The Morgan fingerprint density at radius 3 is 2.67 bits per heavy atom. The number of hydrogen-bond donors (Lipinski definition) is 2. The Bertz CT molecular complexity index is 713. The number of nitrogens with zero attached hydrogens (tertiary/aromatic N) is 1. The van der Waals surface area contributed by atoms with Crippen LogP contribution in [0.25, 0.3) is 0 Å². The van der Waals surface area contributed by atoms with Crippen LogP contribution >= 0.6 is 11.3 Å². The number of hydrogen-bond acceptors (Lipinski definition) is 5. The summed E-state index contributed by atoms with van der Waals surface area (Å²) in [5.74, 6) is 0.368. The van der Waals surface area contributed by atoms with E-state index in [4.69, 9.17) is 4.74 Å². The number of carbonyl (C=O) groups excluding carboxylic acids is 2. The lowest BCUT2D eigenvalue weighted by Gasteiger charge is -2.08. The molecule has 0 aliphatic carbocycles. The minimum Gasteiger partial charge on any atom is -0.496 e. The first kappa shape index (κ1) is 17.9. The summed E-state index contributed by atoms with van der Waals surface area (Å²) in [6, 6.07) is 7.51. The third-order valence-corrected chi connectivity index (χ3v) is 4.20. The lowest BCUT2D eigenvalue weighted by Crippen LogP contribution is -2.27. The number of aromatic nitrogens is 1. The zero-order chi connectivity index (χ0) is 17.5. The molecule has 0 atom stereocenters. The van der Waals surface area contributed by atoms with E-state index in [1.807, 2.05) is 38.1 Å². The first-order chi connectivity index (χ1) is 11.5. The minimum atomic E-state index is -0.251. The summed E-state index contributed by atoms with van der Waals surface area (Å²) in [6.45, 7) is 4.35. The molecule has 0 saturated heterocycles. The van der Waals surface area contributed by atoms with E-state index in [2.05, 4.69) is 15.6 Å². The summed E-state index contributed by atoms with van der Waals surface area (Å²) >= 11 is 1.35. The largest absolute Gasteiger partial charge is 0.496 e. The Morgan fingerprint density at radius 1 is 1.21 bits per heavy atom. The van der Waals surface area contributed by atoms with E-state index in [0.717, 1.165) is 11.3 Å². The first-order valence-corrected chi connectivity index (χ1v) is 8.51. The smallest absolute Gasteiger partial charge is 0.271 e. The maximum Gasteiger partial charge on any atom is 0.271 e. The predicted octanol–water partition coefficient (Wildman–Crippen LogP) is 2.35. The molecule has 0 radical (unpaired) electrons. The number of amides is 2. The number of rotatable bonds is 7. The number of thiazole rings is 1. The number of para-hydroxylation sites is 1. The Labute approximate surface area is 145 Å². The van der Waals surface area contributed by atoms with Crippen LogP contribution in [0.4, 0.5) is 0 Å². The van der Waals surface area contributed by atoms with Crippen molar-refractivity contribution in [2.45, 2.75) is 26.9 Å². The molecular weight excluding hydrogens is 326 g/mol. The van der Waals surface area contributed by atoms with Gasteiger partial charge in [-0.2, -0.15) is 0 Å². The molecule has 2 rings (SSSR count). The van der Waals surface area contributed by atoms with Gasteiger partial charge in [-0.1, -0.05) is 32.0 Å². The quantitative estimate of drug-likeness (QED) is 0.806. The average molecular weight is 347 g/mol. The van der Waals surface area contributed by atoms with E-state index in [0.29, 0.717) is 23.8 Å². The number of methoxy groups -OCH3 is 1. The molecule has 0 saturated carbocycles. The topological polar surface area (TPSA) is 80.3 Å². The second-order valence-electron chi connectivity index (χ2n) is 5.49. The van der Waals surface area contributed by atoms with Gasteiger partial charge in [0.25, 0.3) is 5.91 Å². The Hall–Kier alpha value is -2.41. The number of ether oxygens (including phenoxy) is 1. The second-order valence-corrected chi connectivity index (χ2v) is 6.44. The van der Waals surface area contributed by atoms with Gasteiger partial charge in [0, 0.05) is 23.4 Å². The van der Waals surface area contributed by atoms with Gasteiger partial charge in [0.1, 0.15) is 16.5 Å². The monoisotopic (exact) mass is 347 g/mol. The molecule has 0 aliphatic heterocycles. The molecule has 2 aromatic rings. The summed E-state index contributed by atoms with van der Waals surface area (Å²) in [6.07, 6.45) is 0.